The molecule has 0 fully saturated rings. The van der Waals surface area contributed by atoms with E-state index in [1.165, 1.54) is 0 Å². The Morgan fingerprint density at radius 2 is 2.08 bits per heavy atom. The van der Waals surface area contributed by atoms with Crippen LogP contribution in [0.15, 0.2) is 41.0 Å². The second kappa shape index (κ2) is 8.11. The molecule has 0 atom stereocenters. The van der Waals surface area contributed by atoms with Crippen molar-refractivity contribution in [3.05, 3.63) is 52.4 Å². The molecule has 2 heterocycles. The molecule has 7 heteroatoms. The summed E-state index contributed by atoms with van der Waals surface area (Å²) in [4.78, 5) is 23.8. The highest BCUT2D eigenvalue weighted by Crippen LogP contribution is 2.15. The van der Waals surface area contributed by atoms with Gasteiger partial charge in [-0.25, -0.2) is 9.97 Å². The van der Waals surface area contributed by atoms with Gasteiger partial charge in [0.15, 0.2) is 5.65 Å². The topological polar surface area (TPSA) is 79.9 Å². The summed E-state index contributed by atoms with van der Waals surface area (Å²) in [5, 5.41) is 2.94. The van der Waals surface area contributed by atoms with E-state index in [2.05, 4.69) is 36.2 Å². The lowest BCUT2D eigenvalue weighted by molar-refractivity contribution is -0.121. The summed E-state index contributed by atoms with van der Waals surface area (Å²) in [5.74, 6) is 1.62. The van der Waals surface area contributed by atoms with Gasteiger partial charge in [0.1, 0.15) is 11.6 Å². The number of carbonyl (C=O) groups excluding carboxylic acids is 1. The molecule has 130 valence electrons. The molecule has 0 saturated carbocycles. The first kappa shape index (κ1) is 17.4. The molecule has 3 rings (SSSR count). The Bertz CT molecular complexity index is 861. The van der Waals surface area contributed by atoms with Crippen LogP contribution in [0.1, 0.15) is 17.8 Å². The molecule has 3 aromatic rings. The number of carbonyl (C=O) groups is 1. The first-order chi connectivity index (χ1) is 12.1. The molecule has 0 unspecified atom stereocenters. The number of aromatic nitrogens is 3. The van der Waals surface area contributed by atoms with Crippen molar-refractivity contribution in [3.63, 3.8) is 0 Å². The highest BCUT2D eigenvalue weighted by Gasteiger charge is 2.07. The third-order valence-corrected chi connectivity index (χ3v) is 4.27. The molecule has 0 aliphatic heterocycles. The average Bonchev–Trinajstić information content (AvgIpc) is 3.02. The molecule has 0 bridgehead atoms. The van der Waals surface area contributed by atoms with Crippen LogP contribution in [-0.4, -0.2) is 34.5 Å². The third-order valence-electron chi connectivity index (χ3n) is 3.84. The smallest absolute Gasteiger partial charge is 0.220 e. The highest BCUT2D eigenvalue weighted by atomic mass is 79.9. The number of rotatable bonds is 7. The van der Waals surface area contributed by atoms with Crippen molar-refractivity contribution in [2.45, 2.75) is 19.3 Å². The molecule has 0 spiro atoms. The monoisotopic (exact) mass is 402 g/mol. The van der Waals surface area contributed by atoms with Crippen molar-refractivity contribution in [2.75, 3.05) is 13.7 Å². The molecule has 0 aliphatic carbocycles. The van der Waals surface area contributed by atoms with Crippen LogP contribution in [0.2, 0.25) is 0 Å². The summed E-state index contributed by atoms with van der Waals surface area (Å²) in [6.45, 7) is 0.611. The van der Waals surface area contributed by atoms with Crippen molar-refractivity contribution >= 4 is 33.0 Å². The van der Waals surface area contributed by atoms with E-state index in [0.29, 0.717) is 25.0 Å². The maximum Gasteiger partial charge on any atom is 0.220 e. The van der Waals surface area contributed by atoms with Gasteiger partial charge in [0, 0.05) is 30.1 Å². The van der Waals surface area contributed by atoms with Gasteiger partial charge in [0.25, 0.3) is 0 Å². The van der Waals surface area contributed by atoms with E-state index in [-0.39, 0.29) is 5.91 Å². The van der Waals surface area contributed by atoms with Crippen LogP contribution in [0.5, 0.6) is 5.75 Å². The van der Waals surface area contributed by atoms with Crippen LogP contribution >= 0.6 is 15.9 Å². The predicted octanol–water partition coefficient (Wildman–Crippen LogP) is 3.02. The van der Waals surface area contributed by atoms with Gasteiger partial charge in [0.2, 0.25) is 5.91 Å². The minimum atomic E-state index is 0.0168. The van der Waals surface area contributed by atoms with Gasteiger partial charge in [0.05, 0.1) is 12.6 Å². The quantitative estimate of drug-likeness (QED) is 0.636. The number of ether oxygens (including phenoxy) is 1. The van der Waals surface area contributed by atoms with Crippen molar-refractivity contribution in [1.82, 2.24) is 20.3 Å². The number of fused-ring (bicyclic) bond motifs is 1. The van der Waals surface area contributed by atoms with Gasteiger partial charge < -0.3 is 15.0 Å². The van der Waals surface area contributed by atoms with Crippen LogP contribution in [0, 0.1) is 0 Å². The average molecular weight is 403 g/mol. The van der Waals surface area contributed by atoms with Crippen LogP contribution in [0.3, 0.4) is 0 Å². The van der Waals surface area contributed by atoms with Crippen LogP contribution in [0.4, 0.5) is 0 Å². The number of pyridine rings is 1. The molecule has 1 amide bonds. The number of halogens is 1. The van der Waals surface area contributed by atoms with Gasteiger partial charge in [-0.3, -0.25) is 4.79 Å². The molecule has 0 radical (unpaired) electrons. The lowest BCUT2D eigenvalue weighted by Gasteiger charge is -2.06. The van der Waals surface area contributed by atoms with E-state index in [1.807, 2.05) is 30.3 Å². The molecular weight excluding hydrogens is 384 g/mol. The fourth-order valence-electron chi connectivity index (χ4n) is 2.50. The zero-order chi connectivity index (χ0) is 17.6. The van der Waals surface area contributed by atoms with Gasteiger partial charge in [-0.05, 0) is 46.1 Å². The minimum absolute atomic E-state index is 0.0168. The molecule has 25 heavy (non-hydrogen) atoms. The SMILES string of the molecule is COc1ccc(CCNC(=O)CCc2nc3ncc(Br)cc3[nH]2)cc1. The van der Waals surface area contributed by atoms with Crippen molar-refractivity contribution in [2.24, 2.45) is 0 Å². The lowest BCUT2D eigenvalue weighted by atomic mass is 10.1. The van der Waals surface area contributed by atoms with Crippen LogP contribution in [0.25, 0.3) is 11.2 Å². The van der Waals surface area contributed by atoms with E-state index < -0.39 is 0 Å². The Hall–Kier alpha value is -2.41. The Morgan fingerprint density at radius 3 is 2.84 bits per heavy atom. The first-order valence-electron chi connectivity index (χ1n) is 8.04. The molecular formula is C18H19BrN4O2. The van der Waals surface area contributed by atoms with Crippen molar-refractivity contribution < 1.29 is 9.53 Å². The number of nitrogens with one attached hydrogen (secondary N) is 2. The largest absolute Gasteiger partial charge is 0.497 e. The molecule has 2 aromatic heterocycles. The summed E-state index contributed by atoms with van der Waals surface area (Å²) < 4.78 is 6.02. The van der Waals surface area contributed by atoms with E-state index in [4.69, 9.17) is 4.74 Å². The number of imidazole rings is 1. The van der Waals surface area contributed by atoms with E-state index in [1.54, 1.807) is 13.3 Å². The standard InChI is InChI=1S/C18H19BrN4O2/c1-25-14-4-2-12(3-5-14)8-9-20-17(24)7-6-16-22-15-10-13(19)11-21-18(15)23-16/h2-5,10-11H,6-9H2,1H3,(H,20,24)(H,21,22,23). The van der Waals surface area contributed by atoms with Crippen LogP contribution in [-0.2, 0) is 17.6 Å². The van der Waals surface area contributed by atoms with E-state index in [9.17, 15) is 4.79 Å². The first-order valence-corrected chi connectivity index (χ1v) is 8.83. The minimum Gasteiger partial charge on any atom is -0.497 e. The predicted molar refractivity (Wildman–Crippen MR) is 99.6 cm³/mol. The number of aromatic amines is 1. The maximum absolute atomic E-state index is 12.0. The second-order valence-electron chi connectivity index (χ2n) is 5.66. The zero-order valence-corrected chi connectivity index (χ0v) is 15.5. The Kier molecular flexibility index (Phi) is 5.65. The third kappa shape index (κ3) is 4.79. The summed E-state index contributed by atoms with van der Waals surface area (Å²) >= 11 is 3.38. The Labute approximate surface area is 154 Å². The lowest BCUT2D eigenvalue weighted by Crippen LogP contribution is -2.26. The number of methoxy groups -OCH3 is 1. The zero-order valence-electron chi connectivity index (χ0n) is 13.9. The second-order valence-corrected chi connectivity index (χ2v) is 6.57. The fraction of sp³-hybridized carbons (Fsp3) is 0.278. The number of hydrogen-bond donors (Lipinski definition) is 2. The number of hydrogen-bond acceptors (Lipinski definition) is 4. The van der Waals surface area contributed by atoms with Crippen molar-refractivity contribution in [3.8, 4) is 5.75 Å². The molecule has 2 N–H and O–H groups in total. The van der Waals surface area contributed by atoms with Crippen molar-refractivity contribution in [1.29, 1.82) is 0 Å². The molecule has 6 nitrogen and oxygen atoms in total. The number of amides is 1. The normalized spacial score (nSPS) is 10.8. The van der Waals surface area contributed by atoms with E-state index >= 15 is 0 Å². The molecule has 0 aliphatic rings. The van der Waals surface area contributed by atoms with Gasteiger partial charge in [-0.1, -0.05) is 12.1 Å². The Morgan fingerprint density at radius 1 is 1.28 bits per heavy atom. The number of nitrogens with zero attached hydrogens (tertiary/aromatic N) is 2. The van der Waals surface area contributed by atoms with Gasteiger partial charge >= 0.3 is 0 Å². The Balaban J connectivity index is 1.44. The highest BCUT2D eigenvalue weighted by molar-refractivity contribution is 9.10. The summed E-state index contributed by atoms with van der Waals surface area (Å²) in [6.07, 6.45) is 3.45. The van der Waals surface area contributed by atoms with Gasteiger partial charge in [-0.15, -0.1) is 0 Å². The number of H-pyrrole nitrogens is 1. The number of benzene rings is 1. The summed E-state index contributed by atoms with van der Waals surface area (Å²) in [5.41, 5.74) is 2.69. The van der Waals surface area contributed by atoms with Crippen LogP contribution < -0.4 is 10.1 Å². The van der Waals surface area contributed by atoms with E-state index in [0.717, 1.165) is 33.5 Å². The number of aryl methyl sites for hydroxylation is 1. The molecule has 1 aromatic carbocycles. The fourth-order valence-corrected chi connectivity index (χ4v) is 2.83. The maximum atomic E-state index is 12.0. The molecule has 0 saturated heterocycles. The summed E-state index contributed by atoms with van der Waals surface area (Å²) in [6, 6.07) is 9.78. The summed E-state index contributed by atoms with van der Waals surface area (Å²) in [7, 11) is 1.64. The van der Waals surface area contributed by atoms with Gasteiger partial charge in [-0.2, -0.15) is 0 Å².